The standard InChI is InChI=1S/C26H24N2O2S2/c29-26(21-7-1-3-9-23(21)31-17-20-6-5-15-30-20)27-19-13-11-18(12-14-19)16-25-28-22-8-2-4-10-24(22)32-25/h1-4,7-14,20H,5-6,15-17H2,(H,27,29)/t20-/m0/s1. The molecule has 1 atom stereocenters. The Hall–Kier alpha value is -2.67. The van der Waals surface area contributed by atoms with Gasteiger partial charge in [-0.2, -0.15) is 0 Å². The van der Waals surface area contributed by atoms with Crippen LogP contribution in [0.3, 0.4) is 0 Å². The van der Waals surface area contributed by atoms with Crippen molar-refractivity contribution in [1.29, 1.82) is 0 Å². The van der Waals surface area contributed by atoms with Crippen molar-refractivity contribution in [2.24, 2.45) is 0 Å². The molecular weight excluding hydrogens is 436 g/mol. The summed E-state index contributed by atoms with van der Waals surface area (Å²) in [6.07, 6.45) is 3.31. The second-order valence-corrected chi connectivity index (χ2v) is 10.0. The number of amides is 1. The first-order chi connectivity index (χ1) is 15.7. The molecule has 4 aromatic rings. The molecule has 2 heterocycles. The van der Waals surface area contributed by atoms with E-state index in [1.165, 1.54) is 10.3 Å². The molecule has 1 aliphatic heterocycles. The summed E-state index contributed by atoms with van der Waals surface area (Å²) in [7, 11) is 0. The molecule has 3 aromatic carbocycles. The van der Waals surface area contributed by atoms with Crippen molar-refractivity contribution in [2.45, 2.75) is 30.3 Å². The molecule has 0 unspecified atom stereocenters. The summed E-state index contributed by atoms with van der Waals surface area (Å²) >= 11 is 3.42. The van der Waals surface area contributed by atoms with Crippen molar-refractivity contribution >= 4 is 44.9 Å². The highest BCUT2D eigenvalue weighted by atomic mass is 32.2. The topological polar surface area (TPSA) is 51.2 Å². The number of nitrogens with zero attached hydrogens (tertiary/aromatic N) is 1. The summed E-state index contributed by atoms with van der Waals surface area (Å²) in [6, 6.07) is 24.0. The maximum absolute atomic E-state index is 12.9. The predicted molar refractivity (Wildman–Crippen MR) is 133 cm³/mol. The normalized spacial score (nSPS) is 15.8. The molecule has 6 heteroatoms. The Morgan fingerprint density at radius 2 is 1.88 bits per heavy atom. The van der Waals surface area contributed by atoms with Crippen LogP contribution in [0.1, 0.15) is 33.8 Å². The Bertz CT molecular complexity index is 1180. The Morgan fingerprint density at radius 1 is 1.06 bits per heavy atom. The second-order valence-electron chi connectivity index (χ2n) is 7.85. The Balaban J connectivity index is 1.23. The Morgan fingerprint density at radius 3 is 2.69 bits per heavy atom. The number of benzene rings is 3. The minimum atomic E-state index is -0.0839. The van der Waals surface area contributed by atoms with Crippen LogP contribution in [0.4, 0.5) is 5.69 Å². The second kappa shape index (κ2) is 9.86. The molecule has 1 N–H and O–H groups in total. The van der Waals surface area contributed by atoms with E-state index >= 15 is 0 Å². The van der Waals surface area contributed by atoms with E-state index in [0.29, 0.717) is 11.7 Å². The van der Waals surface area contributed by atoms with Crippen molar-refractivity contribution in [3.05, 3.63) is 88.9 Å². The molecule has 1 saturated heterocycles. The fraction of sp³-hybridized carbons (Fsp3) is 0.231. The van der Waals surface area contributed by atoms with Gasteiger partial charge in [0.2, 0.25) is 0 Å². The van der Waals surface area contributed by atoms with Gasteiger partial charge >= 0.3 is 0 Å². The molecule has 32 heavy (non-hydrogen) atoms. The fourth-order valence-electron chi connectivity index (χ4n) is 3.81. The molecule has 0 spiro atoms. The Labute approximate surface area is 196 Å². The largest absolute Gasteiger partial charge is 0.377 e. The number of hydrogen-bond donors (Lipinski definition) is 1. The van der Waals surface area contributed by atoms with Gasteiger partial charge in [-0.1, -0.05) is 36.4 Å². The monoisotopic (exact) mass is 460 g/mol. The van der Waals surface area contributed by atoms with Crippen LogP contribution in [0.15, 0.2) is 77.7 Å². The van der Waals surface area contributed by atoms with Gasteiger partial charge in [0.1, 0.15) is 0 Å². The number of fused-ring (bicyclic) bond motifs is 1. The SMILES string of the molecule is O=C(Nc1ccc(Cc2nc3ccccc3s2)cc1)c1ccccc1SC[C@@H]1CCCO1. The van der Waals surface area contributed by atoms with Crippen molar-refractivity contribution in [1.82, 2.24) is 4.98 Å². The molecule has 1 amide bonds. The lowest BCUT2D eigenvalue weighted by molar-refractivity contribution is 0.102. The van der Waals surface area contributed by atoms with Gasteiger partial charge < -0.3 is 10.1 Å². The highest BCUT2D eigenvalue weighted by molar-refractivity contribution is 7.99. The minimum absolute atomic E-state index is 0.0839. The van der Waals surface area contributed by atoms with Gasteiger partial charge in [0.25, 0.3) is 5.91 Å². The number of carbonyl (C=O) groups excluding carboxylic acids is 1. The highest BCUT2D eigenvalue weighted by Gasteiger charge is 2.18. The summed E-state index contributed by atoms with van der Waals surface area (Å²) in [5, 5.41) is 4.14. The van der Waals surface area contributed by atoms with Crippen LogP contribution < -0.4 is 5.32 Å². The maximum Gasteiger partial charge on any atom is 0.256 e. The molecule has 0 aliphatic carbocycles. The summed E-state index contributed by atoms with van der Waals surface area (Å²) < 4.78 is 6.93. The minimum Gasteiger partial charge on any atom is -0.377 e. The van der Waals surface area contributed by atoms with E-state index in [1.807, 2.05) is 54.6 Å². The maximum atomic E-state index is 12.9. The van der Waals surface area contributed by atoms with Crippen LogP contribution in [0.5, 0.6) is 0 Å². The summed E-state index contributed by atoms with van der Waals surface area (Å²) in [6.45, 7) is 0.850. The van der Waals surface area contributed by atoms with Crippen LogP contribution in [-0.2, 0) is 11.2 Å². The summed E-state index contributed by atoms with van der Waals surface area (Å²) in [4.78, 5) is 18.6. The molecular formula is C26H24N2O2S2. The third-order valence-electron chi connectivity index (χ3n) is 5.49. The van der Waals surface area contributed by atoms with E-state index in [-0.39, 0.29) is 5.91 Å². The number of para-hydroxylation sites is 1. The van der Waals surface area contributed by atoms with Crippen LogP contribution in [-0.4, -0.2) is 29.4 Å². The highest BCUT2D eigenvalue weighted by Crippen LogP contribution is 2.28. The number of nitrogens with one attached hydrogen (secondary N) is 1. The molecule has 1 aromatic heterocycles. The average molecular weight is 461 g/mol. The van der Waals surface area contributed by atoms with Crippen LogP contribution in [0, 0.1) is 0 Å². The first-order valence-corrected chi connectivity index (χ1v) is 12.6. The van der Waals surface area contributed by atoms with E-state index < -0.39 is 0 Å². The molecule has 1 aliphatic rings. The zero-order valence-corrected chi connectivity index (χ0v) is 19.3. The van der Waals surface area contributed by atoms with Crippen molar-refractivity contribution < 1.29 is 9.53 Å². The molecule has 4 nitrogen and oxygen atoms in total. The third kappa shape index (κ3) is 5.04. The smallest absolute Gasteiger partial charge is 0.256 e. The molecule has 0 radical (unpaired) electrons. The molecule has 1 fully saturated rings. The lowest BCUT2D eigenvalue weighted by atomic mass is 10.1. The molecule has 5 rings (SSSR count). The van der Waals surface area contributed by atoms with Crippen LogP contribution in [0.2, 0.25) is 0 Å². The zero-order valence-electron chi connectivity index (χ0n) is 17.6. The van der Waals surface area contributed by atoms with E-state index in [0.717, 1.165) is 52.7 Å². The predicted octanol–water partition coefficient (Wildman–Crippen LogP) is 6.41. The lowest BCUT2D eigenvalue weighted by Gasteiger charge is -2.12. The molecule has 0 saturated carbocycles. The number of hydrogen-bond acceptors (Lipinski definition) is 5. The van der Waals surface area contributed by atoms with Gasteiger partial charge in [0.05, 0.1) is 26.9 Å². The summed E-state index contributed by atoms with van der Waals surface area (Å²) in [5.74, 6) is 0.796. The first kappa shape index (κ1) is 21.2. The molecule has 162 valence electrons. The van der Waals surface area contributed by atoms with Crippen LogP contribution >= 0.6 is 23.1 Å². The number of rotatable bonds is 7. The van der Waals surface area contributed by atoms with E-state index in [2.05, 4.69) is 23.5 Å². The van der Waals surface area contributed by atoms with E-state index in [1.54, 1.807) is 23.1 Å². The van der Waals surface area contributed by atoms with E-state index in [4.69, 9.17) is 9.72 Å². The quantitative estimate of drug-likeness (QED) is 0.324. The number of thiazole rings is 1. The van der Waals surface area contributed by atoms with Gasteiger partial charge in [-0.05, 0) is 54.8 Å². The number of thioether (sulfide) groups is 1. The number of ether oxygens (including phenoxy) is 1. The van der Waals surface area contributed by atoms with Gasteiger partial charge in [-0.25, -0.2) is 4.98 Å². The van der Waals surface area contributed by atoms with Gasteiger partial charge in [0, 0.05) is 29.4 Å². The van der Waals surface area contributed by atoms with Crippen molar-refractivity contribution in [3.8, 4) is 0 Å². The van der Waals surface area contributed by atoms with Crippen molar-refractivity contribution in [2.75, 3.05) is 17.7 Å². The number of carbonyl (C=O) groups is 1. The first-order valence-electron chi connectivity index (χ1n) is 10.8. The van der Waals surface area contributed by atoms with Gasteiger partial charge in [-0.15, -0.1) is 23.1 Å². The number of aromatic nitrogens is 1. The van der Waals surface area contributed by atoms with Crippen LogP contribution in [0.25, 0.3) is 10.2 Å². The summed E-state index contributed by atoms with van der Waals surface area (Å²) in [5.41, 5.74) is 3.72. The van der Waals surface area contributed by atoms with Gasteiger partial charge in [-0.3, -0.25) is 4.79 Å². The zero-order chi connectivity index (χ0) is 21.8. The van der Waals surface area contributed by atoms with Crippen molar-refractivity contribution in [3.63, 3.8) is 0 Å². The van der Waals surface area contributed by atoms with Gasteiger partial charge in [0.15, 0.2) is 0 Å². The fourth-order valence-corrected chi connectivity index (χ4v) is 5.93. The third-order valence-corrected chi connectivity index (χ3v) is 7.73. The Kier molecular flexibility index (Phi) is 6.53. The number of anilines is 1. The molecule has 0 bridgehead atoms. The lowest BCUT2D eigenvalue weighted by Crippen LogP contribution is -2.14. The average Bonchev–Trinajstić information content (AvgIpc) is 3.48. The van der Waals surface area contributed by atoms with E-state index in [9.17, 15) is 4.79 Å².